The molecule has 2 saturated carbocycles. The molecule has 0 radical (unpaired) electrons. The molecule has 3 rings (SSSR count). The zero-order chi connectivity index (χ0) is 19.9. The van der Waals surface area contributed by atoms with E-state index in [-0.39, 0.29) is 30.2 Å². The lowest BCUT2D eigenvalue weighted by molar-refractivity contribution is -0.136. The van der Waals surface area contributed by atoms with E-state index >= 15 is 0 Å². The molecule has 0 saturated heterocycles. The molecule has 28 heavy (non-hydrogen) atoms. The summed E-state index contributed by atoms with van der Waals surface area (Å²) in [6.45, 7) is 0. The maximum Gasteiger partial charge on any atom is 0.307 e. The van der Waals surface area contributed by atoms with Crippen LogP contribution in [-0.4, -0.2) is 28.9 Å². The van der Waals surface area contributed by atoms with Crippen molar-refractivity contribution in [1.82, 2.24) is 5.32 Å². The number of benzene rings is 1. The van der Waals surface area contributed by atoms with Crippen LogP contribution < -0.4 is 10.6 Å². The van der Waals surface area contributed by atoms with Crippen molar-refractivity contribution in [2.75, 3.05) is 5.32 Å². The topological polar surface area (TPSA) is 95.5 Å². The van der Waals surface area contributed by atoms with Crippen molar-refractivity contribution in [3.8, 4) is 0 Å². The zero-order valence-corrected chi connectivity index (χ0v) is 16.3. The number of nitrogens with one attached hydrogen (secondary N) is 2. The van der Waals surface area contributed by atoms with Crippen LogP contribution in [0.3, 0.4) is 0 Å². The Bertz CT molecular complexity index is 704. The number of anilines is 1. The normalized spacial score (nSPS) is 22.6. The Labute approximate surface area is 166 Å². The van der Waals surface area contributed by atoms with E-state index in [1.165, 1.54) is 25.7 Å². The minimum atomic E-state index is -0.921. The molecule has 2 amide bonds. The molecule has 2 aliphatic carbocycles. The van der Waals surface area contributed by atoms with Gasteiger partial charge in [0.25, 0.3) is 0 Å². The molecule has 152 valence electrons. The van der Waals surface area contributed by atoms with E-state index in [0.717, 1.165) is 25.7 Å². The number of carboxylic acids is 1. The largest absolute Gasteiger partial charge is 0.481 e. The summed E-state index contributed by atoms with van der Waals surface area (Å²) in [7, 11) is 0. The number of carbonyl (C=O) groups excluding carboxylic acids is 2. The molecule has 1 aromatic rings. The van der Waals surface area contributed by atoms with Crippen LogP contribution in [0.4, 0.5) is 5.69 Å². The van der Waals surface area contributed by atoms with Gasteiger partial charge < -0.3 is 15.7 Å². The number of carbonyl (C=O) groups is 3. The molecule has 0 spiro atoms. The second kappa shape index (κ2) is 9.71. The van der Waals surface area contributed by atoms with E-state index in [9.17, 15) is 14.4 Å². The smallest absolute Gasteiger partial charge is 0.307 e. The Hall–Kier alpha value is -2.37. The highest BCUT2D eigenvalue weighted by Gasteiger charge is 2.28. The molecular weight excluding hydrogens is 356 g/mol. The molecule has 2 aliphatic rings. The number of aliphatic carboxylic acids is 1. The van der Waals surface area contributed by atoms with Gasteiger partial charge in [-0.3, -0.25) is 14.4 Å². The van der Waals surface area contributed by atoms with Crippen LogP contribution in [0.5, 0.6) is 0 Å². The molecule has 6 nitrogen and oxygen atoms in total. The average Bonchev–Trinajstić information content (AvgIpc) is 3.16. The van der Waals surface area contributed by atoms with E-state index in [1.54, 1.807) is 24.3 Å². The van der Waals surface area contributed by atoms with E-state index in [2.05, 4.69) is 10.6 Å². The molecule has 0 aromatic heterocycles. The van der Waals surface area contributed by atoms with Gasteiger partial charge in [0.2, 0.25) is 11.8 Å². The van der Waals surface area contributed by atoms with Crippen LogP contribution in [0.1, 0.15) is 63.4 Å². The Morgan fingerprint density at radius 3 is 2.32 bits per heavy atom. The van der Waals surface area contributed by atoms with Gasteiger partial charge >= 0.3 is 5.97 Å². The van der Waals surface area contributed by atoms with Crippen LogP contribution in [0.15, 0.2) is 24.3 Å². The SMILES string of the molecule is O=C(O)Cc1ccccc1NC(=O)C1CCC(NC(=O)CC2CCCC2)CC1. The number of para-hydroxylation sites is 1. The molecule has 0 aliphatic heterocycles. The number of carboxylic acid groups (broad SMARTS) is 1. The van der Waals surface area contributed by atoms with Crippen LogP contribution in [0.25, 0.3) is 0 Å². The Morgan fingerprint density at radius 1 is 0.964 bits per heavy atom. The first kappa shape index (κ1) is 20.4. The minimum Gasteiger partial charge on any atom is -0.481 e. The van der Waals surface area contributed by atoms with E-state index in [0.29, 0.717) is 23.6 Å². The maximum atomic E-state index is 12.6. The number of amides is 2. The number of hydrogen-bond acceptors (Lipinski definition) is 3. The summed E-state index contributed by atoms with van der Waals surface area (Å²) in [4.78, 5) is 35.8. The van der Waals surface area contributed by atoms with Crippen molar-refractivity contribution in [1.29, 1.82) is 0 Å². The fourth-order valence-corrected chi connectivity index (χ4v) is 4.46. The van der Waals surface area contributed by atoms with Gasteiger partial charge in [-0.25, -0.2) is 0 Å². The van der Waals surface area contributed by atoms with Gasteiger partial charge in [-0.2, -0.15) is 0 Å². The lowest BCUT2D eigenvalue weighted by Crippen LogP contribution is -2.40. The minimum absolute atomic E-state index is 0.0615. The van der Waals surface area contributed by atoms with Crippen molar-refractivity contribution in [2.45, 2.75) is 70.3 Å². The molecular formula is C22H30N2O4. The summed E-state index contributed by atoms with van der Waals surface area (Å²) >= 11 is 0. The first-order chi connectivity index (χ1) is 13.5. The summed E-state index contributed by atoms with van der Waals surface area (Å²) in [5.41, 5.74) is 1.18. The van der Waals surface area contributed by atoms with Crippen LogP contribution in [0.2, 0.25) is 0 Å². The van der Waals surface area contributed by atoms with Crippen molar-refractivity contribution in [3.05, 3.63) is 29.8 Å². The van der Waals surface area contributed by atoms with Gasteiger partial charge in [0, 0.05) is 24.1 Å². The van der Waals surface area contributed by atoms with Crippen LogP contribution in [-0.2, 0) is 20.8 Å². The standard InChI is InChI=1S/C22H30N2O4/c25-20(13-15-5-1-2-6-15)23-18-11-9-16(10-12-18)22(28)24-19-8-4-3-7-17(19)14-21(26)27/h3-4,7-8,15-16,18H,1-2,5-6,9-14H2,(H,23,25)(H,24,28)(H,26,27). The fourth-order valence-electron chi connectivity index (χ4n) is 4.46. The van der Waals surface area contributed by atoms with Crippen LogP contribution in [0, 0.1) is 11.8 Å². The molecule has 2 fully saturated rings. The van der Waals surface area contributed by atoms with Crippen molar-refractivity contribution >= 4 is 23.5 Å². The third-order valence-electron chi connectivity index (χ3n) is 6.03. The van der Waals surface area contributed by atoms with Gasteiger partial charge in [0.15, 0.2) is 0 Å². The average molecular weight is 386 g/mol. The van der Waals surface area contributed by atoms with Crippen molar-refractivity contribution < 1.29 is 19.5 Å². The quantitative estimate of drug-likeness (QED) is 0.668. The molecule has 0 bridgehead atoms. The Morgan fingerprint density at radius 2 is 1.64 bits per heavy atom. The summed E-state index contributed by atoms with van der Waals surface area (Å²) in [5, 5.41) is 15.1. The van der Waals surface area contributed by atoms with E-state index in [4.69, 9.17) is 5.11 Å². The zero-order valence-electron chi connectivity index (χ0n) is 16.3. The highest BCUT2D eigenvalue weighted by molar-refractivity contribution is 5.94. The van der Waals surface area contributed by atoms with E-state index < -0.39 is 5.97 Å². The second-order valence-corrected chi connectivity index (χ2v) is 8.19. The predicted molar refractivity (Wildman–Crippen MR) is 107 cm³/mol. The predicted octanol–water partition coefficient (Wildman–Crippen LogP) is 3.51. The number of rotatable bonds is 7. The Balaban J connectivity index is 1.45. The van der Waals surface area contributed by atoms with Crippen LogP contribution >= 0.6 is 0 Å². The molecule has 0 atom stereocenters. The summed E-state index contributed by atoms with van der Waals surface area (Å²) in [6, 6.07) is 7.19. The number of hydrogen-bond donors (Lipinski definition) is 3. The van der Waals surface area contributed by atoms with Gasteiger partial charge in [-0.1, -0.05) is 31.0 Å². The molecule has 6 heteroatoms. The lowest BCUT2D eigenvalue weighted by Gasteiger charge is -2.29. The third kappa shape index (κ3) is 5.81. The lowest BCUT2D eigenvalue weighted by atomic mass is 9.85. The summed E-state index contributed by atoms with van der Waals surface area (Å²) in [5.74, 6) is -0.375. The molecule has 0 heterocycles. The first-order valence-corrected chi connectivity index (χ1v) is 10.4. The summed E-state index contributed by atoms with van der Waals surface area (Å²) < 4.78 is 0. The fraction of sp³-hybridized carbons (Fsp3) is 0.591. The highest BCUT2D eigenvalue weighted by Crippen LogP contribution is 2.29. The van der Waals surface area contributed by atoms with Gasteiger partial charge in [-0.05, 0) is 56.1 Å². The Kier molecular flexibility index (Phi) is 7.06. The molecule has 3 N–H and O–H groups in total. The summed E-state index contributed by atoms with van der Waals surface area (Å²) in [6.07, 6.45) is 8.45. The van der Waals surface area contributed by atoms with Gasteiger partial charge in [-0.15, -0.1) is 0 Å². The third-order valence-corrected chi connectivity index (χ3v) is 6.03. The van der Waals surface area contributed by atoms with Gasteiger partial charge in [0.1, 0.15) is 0 Å². The molecule has 1 aromatic carbocycles. The molecule has 0 unspecified atom stereocenters. The van der Waals surface area contributed by atoms with Crippen molar-refractivity contribution in [3.63, 3.8) is 0 Å². The van der Waals surface area contributed by atoms with Gasteiger partial charge in [0.05, 0.1) is 6.42 Å². The second-order valence-electron chi connectivity index (χ2n) is 8.19. The van der Waals surface area contributed by atoms with E-state index in [1.807, 2.05) is 0 Å². The maximum absolute atomic E-state index is 12.6. The first-order valence-electron chi connectivity index (χ1n) is 10.4. The highest BCUT2D eigenvalue weighted by atomic mass is 16.4. The van der Waals surface area contributed by atoms with Crippen molar-refractivity contribution in [2.24, 2.45) is 11.8 Å². The monoisotopic (exact) mass is 386 g/mol.